The first-order chi connectivity index (χ1) is 6.74. The summed E-state index contributed by atoms with van der Waals surface area (Å²) in [5, 5.41) is 6.10. The van der Waals surface area contributed by atoms with Gasteiger partial charge in [-0.3, -0.25) is 4.79 Å². The quantitative estimate of drug-likeness (QED) is 0.663. The molecule has 1 unspecified atom stereocenters. The summed E-state index contributed by atoms with van der Waals surface area (Å²) in [4.78, 5) is 11.5. The topological polar surface area (TPSA) is 50.4 Å². The Bertz CT molecular complexity index is 179. The van der Waals surface area contributed by atoms with Gasteiger partial charge >= 0.3 is 0 Å². The Balaban J connectivity index is 2.13. The van der Waals surface area contributed by atoms with Gasteiger partial charge in [-0.1, -0.05) is 6.92 Å². The molecule has 1 rings (SSSR count). The highest BCUT2D eigenvalue weighted by atomic mass is 16.5. The molecular formula is C10H20N2O2. The van der Waals surface area contributed by atoms with Crippen molar-refractivity contribution in [3.8, 4) is 0 Å². The first-order valence-electron chi connectivity index (χ1n) is 5.24. The molecule has 1 aliphatic rings. The van der Waals surface area contributed by atoms with Crippen LogP contribution in [0.1, 0.15) is 19.8 Å². The van der Waals surface area contributed by atoms with E-state index in [1.54, 1.807) is 7.11 Å². The monoisotopic (exact) mass is 200 g/mol. The zero-order chi connectivity index (χ0) is 10.4. The summed E-state index contributed by atoms with van der Waals surface area (Å²) >= 11 is 0. The maximum Gasteiger partial charge on any atom is 0.237 e. The third kappa shape index (κ3) is 3.64. The Kier molecular flexibility index (Phi) is 4.90. The van der Waals surface area contributed by atoms with Gasteiger partial charge in [0.05, 0.1) is 12.6 Å². The molecule has 0 bridgehead atoms. The Hall–Kier alpha value is -0.610. The van der Waals surface area contributed by atoms with E-state index in [1.165, 1.54) is 0 Å². The molecule has 0 aromatic heterocycles. The number of amides is 1. The number of ether oxygens (including phenoxy) is 1. The minimum absolute atomic E-state index is 0.0322. The highest BCUT2D eigenvalue weighted by Gasteiger charge is 2.21. The molecule has 1 heterocycles. The molecule has 0 aliphatic carbocycles. The zero-order valence-corrected chi connectivity index (χ0v) is 9.01. The lowest BCUT2D eigenvalue weighted by Crippen LogP contribution is -2.42. The highest BCUT2D eigenvalue weighted by Crippen LogP contribution is 2.04. The second kappa shape index (κ2) is 5.98. The Labute approximate surface area is 85.4 Å². The van der Waals surface area contributed by atoms with Crippen LogP contribution in [0.3, 0.4) is 0 Å². The summed E-state index contributed by atoms with van der Waals surface area (Å²) in [6.45, 7) is 4.42. The van der Waals surface area contributed by atoms with Crippen LogP contribution in [-0.4, -0.2) is 38.8 Å². The van der Waals surface area contributed by atoms with Gasteiger partial charge in [-0.15, -0.1) is 0 Å². The normalized spacial score (nSPS) is 23.4. The van der Waals surface area contributed by atoms with Gasteiger partial charge in [-0.25, -0.2) is 0 Å². The van der Waals surface area contributed by atoms with Crippen molar-refractivity contribution in [3.63, 3.8) is 0 Å². The standard InChI is InChI=1S/C10H20N2O2/c1-8(7-14-2)6-12-10(13)9-4-3-5-11-9/h8-9,11H,3-7H2,1-2H3,(H,12,13)/t8?,9-/m1/s1. The summed E-state index contributed by atoms with van der Waals surface area (Å²) in [6.07, 6.45) is 2.07. The zero-order valence-electron chi connectivity index (χ0n) is 9.01. The van der Waals surface area contributed by atoms with Gasteiger partial charge in [0.15, 0.2) is 0 Å². The lowest BCUT2D eigenvalue weighted by molar-refractivity contribution is -0.123. The third-order valence-electron chi connectivity index (χ3n) is 2.45. The van der Waals surface area contributed by atoms with Crippen LogP contribution in [0, 0.1) is 5.92 Å². The van der Waals surface area contributed by atoms with E-state index in [4.69, 9.17) is 4.74 Å². The average molecular weight is 200 g/mol. The molecule has 1 aliphatic heterocycles. The van der Waals surface area contributed by atoms with Crippen molar-refractivity contribution < 1.29 is 9.53 Å². The van der Waals surface area contributed by atoms with Crippen LogP contribution in [0.25, 0.3) is 0 Å². The van der Waals surface area contributed by atoms with Crippen LogP contribution in [0.2, 0.25) is 0 Å². The number of carbonyl (C=O) groups is 1. The molecule has 1 fully saturated rings. The van der Waals surface area contributed by atoms with Crippen LogP contribution >= 0.6 is 0 Å². The van der Waals surface area contributed by atoms with Crippen molar-refractivity contribution in [1.82, 2.24) is 10.6 Å². The van der Waals surface area contributed by atoms with E-state index in [9.17, 15) is 4.79 Å². The van der Waals surface area contributed by atoms with Crippen molar-refractivity contribution in [2.24, 2.45) is 5.92 Å². The van der Waals surface area contributed by atoms with E-state index >= 15 is 0 Å². The molecule has 4 nitrogen and oxygen atoms in total. The lowest BCUT2D eigenvalue weighted by atomic mass is 10.2. The maximum absolute atomic E-state index is 11.5. The molecule has 4 heteroatoms. The fraction of sp³-hybridized carbons (Fsp3) is 0.900. The summed E-state index contributed by atoms with van der Waals surface area (Å²) < 4.78 is 4.99. The van der Waals surface area contributed by atoms with Crippen LogP contribution in [0.5, 0.6) is 0 Å². The van der Waals surface area contributed by atoms with Gasteiger partial charge in [0.1, 0.15) is 0 Å². The maximum atomic E-state index is 11.5. The molecule has 2 atom stereocenters. The summed E-state index contributed by atoms with van der Waals surface area (Å²) in [7, 11) is 1.68. The average Bonchev–Trinajstić information content (AvgIpc) is 2.67. The molecule has 0 radical (unpaired) electrons. The fourth-order valence-electron chi connectivity index (χ4n) is 1.65. The number of nitrogens with one attached hydrogen (secondary N) is 2. The van der Waals surface area contributed by atoms with Gasteiger partial charge in [-0.2, -0.15) is 0 Å². The largest absolute Gasteiger partial charge is 0.384 e. The molecule has 0 spiro atoms. The first-order valence-corrected chi connectivity index (χ1v) is 5.24. The van der Waals surface area contributed by atoms with E-state index < -0.39 is 0 Å². The van der Waals surface area contributed by atoms with Crippen LogP contribution < -0.4 is 10.6 Å². The molecule has 82 valence electrons. The van der Waals surface area contributed by atoms with E-state index in [2.05, 4.69) is 17.6 Å². The summed E-state index contributed by atoms with van der Waals surface area (Å²) in [5.74, 6) is 0.510. The molecule has 0 aromatic rings. The predicted molar refractivity (Wildman–Crippen MR) is 55.1 cm³/mol. The molecular weight excluding hydrogens is 180 g/mol. The van der Waals surface area contributed by atoms with Crippen LogP contribution in [0.15, 0.2) is 0 Å². The van der Waals surface area contributed by atoms with Crippen molar-refractivity contribution in [1.29, 1.82) is 0 Å². The fourth-order valence-corrected chi connectivity index (χ4v) is 1.65. The van der Waals surface area contributed by atoms with E-state index in [1.807, 2.05) is 0 Å². The number of carbonyl (C=O) groups excluding carboxylic acids is 1. The van der Waals surface area contributed by atoms with E-state index in [-0.39, 0.29) is 11.9 Å². The third-order valence-corrected chi connectivity index (χ3v) is 2.45. The van der Waals surface area contributed by atoms with Crippen molar-refractivity contribution in [3.05, 3.63) is 0 Å². The van der Waals surface area contributed by atoms with E-state index in [0.717, 1.165) is 19.4 Å². The Morgan fingerprint density at radius 3 is 3.07 bits per heavy atom. The number of methoxy groups -OCH3 is 1. The van der Waals surface area contributed by atoms with Crippen molar-refractivity contribution >= 4 is 5.91 Å². The SMILES string of the molecule is COCC(C)CNC(=O)[C@H]1CCCN1. The van der Waals surface area contributed by atoms with Crippen LogP contribution in [-0.2, 0) is 9.53 Å². The lowest BCUT2D eigenvalue weighted by Gasteiger charge is -2.14. The Morgan fingerprint density at radius 1 is 1.71 bits per heavy atom. The number of hydrogen-bond donors (Lipinski definition) is 2. The molecule has 0 aromatic carbocycles. The Morgan fingerprint density at radius 2 is 2.50 bits per heavy atom. The molecule has 2 N–H and O–H groups in total. The summed E-state index contributed by atoms with van der Waals surface area (Å²) in [6, 6.07) is 0.0322. The number of hydrogen-bond acceptors (Lipinski definition) is 3. The molecule has 1 amide bonds. The van der Waals surface area contributed by atoms with Crippen molar-refractivity contribution in [2.75, 3.05) is 26.8 Å². The van der Waals surface area contributed by atoms with Gasteiger partial charge < -0.3 is 15.4 Å². The van der Waals surface area contributed by atoms with Gasteiger partial charge in [0.25, 0.3) is 0 Å². The molecule has 0 saturated carbocycles. The summed E-state index contributed by atoms with van der Waals surface area (Å²) in [5.41, 5.74) is 0. The highest BCUT2D eigenvalue weighted by molar-refractivity contribution is 5.81. The molecule has 1 saturated heterocycles. The van der Waals surface area contributed by atoms with Crippen molar-refractivity contribution in [2.45, 2.75) is 25.8 Å². The second-order valence-electron chi connectivity index (χ2n) is 3.95. The molecule has 14 heavy (non-hydrogen) atoms. The minimum Gasteiger partial charge on any atom is -0.384 e. The van der Waals surface area contributed by atoms with Gasteiger partial charge in [0, 0.05) is 13.7 Å². The number of rotatable bonds is 5. The predicted octanol–water partition coefficient (Wildman–Crippen LogP) is 0.137. The second-order valence-corrected chi connectivity index (χ2v) is 3.95. The van der Waals surface area contributed by atoms with Crippen LogP contribution in [0.4, 0.5) is 0 Å². The van der Waals surface area contributed by atoms with Gasteiger partial charge in [-0.05, 0) is 25.3 Å². The minimum atomic E-state index is 0.0322. The smallest absolute Gasteiger partial charge is 0.237 e. The first kappa shape index (κ1) is 11.5. The van der Waals surface area contributed by atoms with Gasteiger partial charge in [0.2, 0.25) is 5.91 Å². The van der Waals surface area contributed by atoms with E-state index in [0.29, 0.717) is 19.1 Å².